The lowest BCUT2D eigenvalue weighted by atomic mass is 10.2. The molecule has 0 spiro atoms. The summed E-state index contributed by atoms with van der Waals surface area (Å²) < 4.78 is 5.65. The molecule has 0 fully saturated rings. The zero-order chi connectivity index (χ0) is 16.7. The van der Waals surface area contributed by atoms with Crippen molar-refractivity contribution in [1.82, 2.24) is 10.3 Å². The first-order valence-electron chi connectivity index (χ1n) is 6.58. The van der Waals surface area contributed by atoms with Crippen molar-refractivity contribution < 1.29 is 19.4 Å². The monoisotopic (exact) mass is 376 g/mol. The number of carbonyl (C=O) groups excluding carboxylic acids is 1. The van der Waals surface area contributed by atoms with Gasteiger partial charge >= 0.3 is 12.1 Å². The van der Waals surface area contributed by atoms with Crippen LogP contribution in [0, 0.1) is 0 Å². The SMILES string of the molecule is O=C(NC(=Cc1cnccc1Br)C(=O)O)OCc1ccccc1. The van der Waals surface area contributed by atoms with Crippen LogP contribution in [0.3, 0.4) is 0 Å². The third kappa shape index (κ3) is 5.23. The van der Waals surface area contributed by atoms with Gasteiger partial charge in [-0.15, -0.1) is 0 Å². The molecule has 7 heteroatoms. The highest BCUT2D eigenvalue weighted by molar-refractivity contribution is 9.10. The van der Waals surface area contributed by atoms with E-state index < -0.39 is 12.1 Å². The fraction of sp³-hybridized carbons (Fsp3) is 0.0625. The molecule has 0 atom stereocenters. The van der Waals surface area contributed by atoms with E-state index in [1.54, 1.807) is 24.4 Å². The van der Waals surface area contributed by atoms with Crippen LogP contribution >= 0.6 is 15.9 Å². The maximum absolute atomic E-state index is 11.7. The summed E-state index contributed by atoms with van der Waals surface area (Å²) in [7, 11) is 0. The molecule has 1 aromatic carbocycles. The van der Waals surface area contributed by atoms with Gasteiger partial charge in [-0.05, 0) is 17.7 Å². The van der Waals surface area contributed by atoms with Crippen molar-refractivity contribution in [2.24, 2.45) is 0 Å². The number of alkyl carbamates (subject to hydrolysis) is 1. The van der Waals surface area contributed by atoms with Gasteiger partial charge in [0.1, 0.15) is 12.3 Å². The number of carbonyl (C=O) groups is 2. The van der Waals surface area contributed by atoms with Crippen molar-refractivity contribution in [3.8, 4) is 0 Å². The Morgan fingerprint density at radius 1 is 1.26 bits per heavy atom. The predicted molar refractivity (Wildman–Crippen MR) is 87.3 cm³/mol. The zero-order valence-corrected chi connectivity index (χ0v) is 13.5. The first-order valence-corrected chi connectivity index (χ1v) is 7.38. The van der Waals surface area contributed by atoms with Gasteiger partial charge in [-0.1, -0.05) is 46.3 Å². The number of nitrogens with one attached hydrogen (secondary N) is 1. The van der Waals surface area contributed by atoms with E-state index in [2.05, 4.69) is 26.2 Å². The van der Waals surface area contributed by atoms with Crippen molar-refractivity contribution in [3.63, 3.8) is 0 Å². The highest BCUT2D eigenvalue weighted by Crippen LogP contribution is 2.17. The lowest BCUT2D eigenvalue weighted by Crippen LogP contribution is -2.27. The molecule has 1 aromatic heterocycles. The summed E-state index contributed by atoms with van der Waals surface area (Å²) >= 11 is 3.28. The quantitative estimate of drug-likeness (QED) is 0.782. The van der Waals surface area contributed by atoms with Crippen LogP contribution in [0.15, 0.2) is 59.0 Å². The van der Waals surface area contributed by atoms with Gasteiger partial charge in [0, 0.05) is 22.4 Å². The summed E-state index contributed by atoms with van der Waals surface area (Å²) in [4.78, 5) is 26.9. The van der Waals surface area contributed by atoms with Gasteiger partial charge in [-0.3, -0.25) is 10.3 Å². The van der Waals surface area contributed by atoms with E-state index in [1.807, 2.05) is 18.2 Å². The lowest BCUT2D eigenvalue weighted by molar-refractivity contribution is -0.132. The molecule has 0 aliphatic carbocycles. The number of pyridine rings is 1. The Balaban J connectivity index is 2.03. The molecule has 6 nitrogen and oxygen atoms in total. The maximum atomic E-state index is 11.7. The Morgan fingerprint density at radius 2 is 2.00 bits per heavy atom. The molecule has 0 unspecified atom stereocenters. The van der Waals surface area contributed by atoms with Crippen molar-refractivity contribution in [3.05, 3.63) is 70.1 Å². The molecule has 0 saturated carbocycles. The number of aromatic nitrogens is 1. The number of ether oxygens (including phenoxy) is 1. The molecule has 23 heavy (non-hydrogen) atoms. The van der Waals surface area contributed by atoms with Crippen LogP contribution in [-0.4, -0.2) is 22.2 Å². The average Bonchev–Trinajstić information content (AvgIpc) is 2.55. The molecule has 118 valence electrons. The van der Waals surface area contributed by atoms with Crippen LogP contribution < -0.4 is 5.32 Å². The van der Waals surface area contributed by atoms with Crippen LogP contribution in [0.4, 0.5) is 4.79 Å². The highest BCUT2D eigenvalue weighted by atomic mass is 79.9. The third-order valence-corrected chi connectivity index (χ3v) is 3.50. The molecule has 1 heterocycles. The molecule has 0 bridgehead atoms. The van der Waals surface area contributed by atoms with Gasteiger partial charge in [0.15, 0.2) is 0 Å². The minimum atomic E-state index is -1.28. The summed E-state index contributed by atoms with van der Waals surface area (Å²) in [6.07, 6.45) is 3.49. The van der Waals surface area contributed by atoms with E-state index in [0.717, 1.165) is 5.56 Å². The van der Waals surface area contributed by atoms with Crippen molar-refractivity contribution in [2.45, 2.75) is 6.61 Å². The van der Waals surface area contributed by atoms with Crippen LogP contribution in [-0.2, 0) is 16.1 Å². The smallest absolute Gasteiger partial charge is 0.412 e. The normalized spacial score (nSPS) is 10.9. The molecule has 2 N–H and O–H groups in total. The molecule has 0 aliphatic rings. The van der Waals surface area contributed by atoms with E-state index in [0.29, 0.717) is 10.0 Å². The number of benzene rings is 1. The Bertz CT molecular complexity index is 732. The Kier molecular flexibility index (Phi) is 5.87. The summed E-state index contributed by atoms with van der Waals surface area (Å²) in [6.45, 7) is 0.0517. The Morgan fingerprint density at radius 3 is 2.65 bits per heavy atom. The number of rotatable bonds is 5. The van der Waals surface area contributed by atoms with Gasteiger partial charge in [-0.2, -0.15) is 0 Å². The first kappa shape index (κ1) is 16.7. The number of halogens is 1. The average molecular weight is 377 g/mol. The predicted octanol–water partition coefficient (Wildman–Crippen LogP) is 3.20. The summed E-state index contributed by atoms with van der Waals surface area (Å²) in [5, 5.41) is 11.4. The van der Waals surface area contributed by atoms with E-state index in [-0.39, 0.29) is 12.3 Å². The number of aliphatic carboxylic acids is 1. The molecule has 0 saturated heterocycles. The minimum Gasteiger partial charge on any atom is -0.477 e. The lowest BCUT2D eigenvalue weighted by Gasteiger charge is -2.08. The molecular weight excluding hydrogens is 364 g/mol. The van der Waals surface area contributed by atoms with Gasteiger partial charge in [0.05, 0.1) is 0 Å². The Hall–Kier alpha value is -2.67. The summed E-state index contributed by atoms with van der Waals surface area (Å²) in [5.74, 6) is -1.28. The standard InChI is InChI=1S/C16H13BrN2O4/c17-13-6-7-18-9-12(13)8-14(15(20)21)19-16(22)23-10-11-4-2-1-3-5-11/h1-9H,10H2,(H,19,22)(H,20,21). The zero-order valence-electron chi connectivity index (χ0n) is 11.9. The Labute approximate surface area is 140 Å². The van der Waals surface area contributed by atoms with Crippen molar-refractivity contribution >= 4 is 34.1 Å². The topological polar surface area (TPSA) is 88.5 Å². The molecule has 2 aromatic rings. The van der Waals surface area contributed by atoms with Gasteiger partial charge in [-0.25, -0.2) is 9.59 Å². The van der Waals surface area contributed by atoms with Crippen molar-refractivity contribution in [2.75, 3.05) is 0 Å². The number of hydrogen-bond donors (Lipinski definition) is 2. The van der Waals surface area contributed by atoms with Crippen LogP contribution in [0.25, 0.3) is 6.08 Å². The second-order valence-corrected chi connectivity index (χ2v) is 5.30. The van der Waals surface area contributed by atoms with Gasteiger partial charge in [0.25, 0.3) is 0 Å². The first-order chi connectivity index (χ1) is 11.1. The minimum absolute atomic E-state index is 0.0517. The van der Waals surface area contributed by atoms with Crippen LogP contribution in [0.5, 0.6) is 0 Å². The number of carboxylic acids is 1. The number of hydrogen-bond acceptors (Lipinski definition) is 4. The van der Waals surface area contributed by atoms with Gasteiger partial charge in [0.2, 0.25) is 0 Å². The maximum Gasteiger partial charge on any atom is 0.412 e. The van der Waals surface area contributed by atoms with Crippen LogP contribution in [0.1, 0.15) is 11.1 Å². The van der Waals surface area contributed by atoms with Crippen LogP contribution in [0.2, 0.25) is 0 Å². The third-order valence-electron chi connectivity index (χ3n) is 2.78. The molecule has 2 rings (SSSR count). The fourth-order valence-corrected chi connectivity index (χ4v) is 2.01. The van der Waals surface area contributed by atoms with E-state index in [4.69, 9.17) is 4.74 Å². The van der Waals surface area contributed by atoms with E-state index >= 15 is 0 Å². The molecule has 0 radical (unpaired) electrons. The largest absolute Gasteiger partial charge is 0.477 e. The summed E-state index contributed by atoms with van der Waals surface area (Å²) in [5.41, 5.74) is 1.02. The van der Waals surface area contributed by atoms with E-state index in [1.165, 1.54) is 12.3 Å². The fourth-order valence-electron chi connectivity index (χ4n) is 1.67. The molecule has 1 amide bonds. The summed E-state index contributed by atoms with van der Waals surface area (Å²) in [6, 6.07) is 10.7. The number of amides is 1. The second-order valence-electron chi connectivity index (χ2n) is 4.45. The van der Waals surface area contributed by atoms with Crippen molar-refractivity contribution in [1.29, 1.82) is 0 Å². The molecule has 0 aliphatic heterocycles. The van der Waals surface area contributed by atoms with Gasteiger partial charge < -0.3 is 9.84 Å². The number of nitrogens with zero attached hydrogens (tertiary/aromatic N) is 1. The van der Waals surface area contributed by atoms with E-state index in [9.17, 15) is 14.7 Å². The second kappa shape index (κ2) is 8.09. The number of carboxylic acid groups (broad SMARTS) is 1. The molecular formula is C16H13BrN2O4. The highest BCUT2D eigenvalue weighted by Gasteiger charge is 2.13.